The zero-order chi connectivity index (χ0) is 14.4. The zero-order valence-corrected chi connectivity index (χ0v) is 12.9. The van der Waals surface area contributed by atoms with Crippen LogP contribution >= 0.6 is 0 Å². The Bertz CT molecular complexity index is 656. The van der Waals surface area contributed by atoms with Gasteiger partial charge in [0.2, 0.25) is 0 Å². The van der Waals surface area contributed by atoms with E-state index in [-0.39, 0.29) is 0 Å². The molecular weight excluding hydrogens is 262 g/mol. The van der Waals surface area contributed by atoms with Gasteiger partial charge in [-0.05, 0) is 49.7 Å². The Kier molecular flexibility index (Phi) is 2.91. The second-order valence-electron chi connectivity index (χ2n) is 7.30. The van der Waals surface area contributed by atoms with Crippen molar-refractivity contribution in [1.29, 1.82) is 0 Å². The first-order chi connectivity index (χ1) is 10.1. The van der Waals surface area contributed by atoms with Gasteiger partial charge >= 0.3 is 0 Å². The SMILES string of the molecule is CC1(C)CCCN(c2ccc3nnc(C4CC4)n3n2)CC1. The first kappa shape index (κ1) is 13.0. The molecule has 1 saturated carbocycles. The molecule has 0 atom stereocenters. The van der Waals surface area contributed by atoms with Crippen molar-refractivity contribution in [2.24, 2.45) is 5.41 Å². The lowest BCUT2D eigenvalue weighted by molar-refractivity contribution is 0.325. The third kappa shape index (κ3) is 2.49. The summed E-state index contributed by atoms with van der Waals surface area (Å²) >= 11 is 0. The average Bonchev–Trinajstić information content (AvgIpc) is 3.24. The van der Waals surface area contributed by atoms with E-state index in [0.717, 1.165) is 30.4 Å². The molecule has 112 valence electrons. The molecule has 0 N–H and O–H groups in total. The fourth-order valence-electron chi connectivity index (χ4n) is 3.21. The molecule has 5 nitrogen and oxygen atoms in total. The van der Waals surface area contributed by atoms with E-state index < -0.39 is 0 Å². The first-order valence-electron chi connectivity index (χ1n) is 8.10. The van der Waals surface area contributed by atoms with Gasteiger partial charge in [0.1, 0.15) is 5.82 Å². The smallest absolute Gasteiger partial charge is 0.178 e. The van der Waals surface area contributed by atoms with E-state index in [1.165, 1.54) is 32.1 Å². The second kappa shape index (κ2) is 4.68. The number of aromatic nitrogens is 4. The monoisotopic (exact) mass is 285 g/mol. The fourth-order valence-corrected chi connectivity index (χ4v) is 3.21. The fraction of sp³-hybridized carbons (Fsp3) is 0.688. The number of anilines is 1. The number of fused-ring (bicyclic) bond motifs is 1. The van der Waals surface area contributed by atoms with Crippen molar-refractivity contribution in [3.05, 3.63) is 18.0 Å². The molecule has 0 radical (unpaired) electrons. The molecule has 2 aromatic heterocycles. The van der Waals surface area contributed by atoms with E-state index in [2.05, 4.69) is 41.1 Å². The van der Waals surface area contributed by atoms with Gasteiger partial charge in [0.25, 0.3) is 0 Å². The van der Waals surface area contributed by atoms with Crippen molar-refractivity contribution in [3.8, 4) is 0 Å². The van der Waals surface area contributed by atoms with Crippen LogP contribution in [-0.2, 0) is 0 Å². The van der Waals surface area contributed by atoms with E-state index >= 15 is 0 Å². The van der Waals surface area contributed by atoms with Crippen LogP contribution in [0.15, 0.2) is 12.1 Å². The molecule has 2 aliphatic rings. The minimum Gasteiger partial charge on any atom is -0.355 e. The molecule has 1 saturated heterocycles. The molecule has 3 heterocycles. The lowest BCUT2D eigenvalue weighted by atomic mass is 9.85. The minimum atomic E-state index is 0.453. The van der Waals surface area contributed by atoms with Crippen molar-refractivity contribution in [1.82, 2.24) is 19.8 Å². The Morgan fingerprint density at radius 3 is 2.76 bits per heavy atom. The van der Waals surface area contributed by atoms with E-state index in [1.54, 1.807) is 0 Å². The van der Waals surface area contributed by atoms with Gasteiger partial charge in [-0.3, -0.25) is 0 Å². The molecule has 1 aliphatic carbocycles. The molecule has 0 unspecified atom stereocenters. The van der Waals surface area contributed by atoms with Crippen LogP contribution in [0.25, 0.3) is 5.65 Å². The van der Waals surface area contributed by atoms with Gasteiger partial charge in [-0.1, -0.05) is 13.8 Å². The minimum absolute atomic E-state index is 0.453. The van der Waals surface area contributed by atoms with Gasteiger partial charge in [0.15, 0.2) is 11.5 Å². The molecule has 2 fully saturated rings. The highest BCUT2D eigenvalue weighted by Crippen LogP contribution is 2.39. The molecule has 5 heteroatoms. The molecule has 1 aliphatic heterocycles. The highest BCUT2D eigenvalue weighted by molar-refractivity contribution is 5.46. The predicted octanol–water partition coefficient (Wildman–Crippen LogP) is 3.02. The van der Waals surface area contributed by atoms with E-state index in [4.69, 9.17) is 5.10 Å². The van der Waals surface area contributed by atoms with E-state index in [0.29, 0.717) is 11.3 Å². The third-order valence-corrected chi connectivity index (χ3v) is 4.88. The Morgan fingerprint density at radius 1 is 1.10 bits per heavy atom. The molecule has 21 heavy (non-hydrogen) atoms. The Morgan fingerprint density at radius 2 is 1.95 bits per heavy atom. The molecular formula is C16H23N5. The molecule has 0 bridgehead atoms. The summed E-state index contributed by atoms with van der Waals surface area (Å²) < 4.78 is 1.96. The third-order valence-electron chi connectivity index (χ3n) is 4.88. The van der Waals surface area contributed by atoms with Gasteiger partial charge in [0.05, 0.1) is 0 Å². The van der Waals surface area contributed by atoms with Crippen molar-refractivity contribution in [3.63, 3.8) is 0 Å². The maximum atomic E-state index is 4.83. The number of rotatable bonds is 2. The first-order valence-corrected chi connectivity index (χ1v) is 8.10. The molecule has 0 amide bonds. The van der Waals surface area contributed by atoms with Crippen molar-refractivity contribution in [2.45, 2.75) is 51.9 Å². The van der Waals surface area contributed by atoms with E-state index in [1.807, 2.05) is 4.52 Å². The lowest BCUT2D eigenvalue weighted by Gasteiger charge is -2.24. The standard InChI is InChI=1S/C16H23N5/c1-16(2)8-3-10-20(11-9-16)14-7-6-13-17-18-15(12-4-5-12)21(13)19-14/h6-7,12H,3-5,8-11H2,1-2H3. The molecule has 0 spiro atoms. The van der Waals surface area contributed by atoms with Crippen molar-refractivity contribution in [2.75, 3.05) is 18.0 Å². The van der Waals surface area contributed by atoms with Crippen LogP contribution < -0.4 is 4.90 Å². The average molecular weight is 285 g/mol. The number of nitrogens with zero attached hydrogens (tertiary/aromatic N) is 5. The van der Waals surface area contributed by atoms with E-state index in [9.17, 15) is 0 Å². The van der Waals surface area contributed by atoms with Crippen molar-refractivity contribution >= 4 is 11.5 Å². The maximum absolute atomic E-state index is 4.83. The maximum Gasteiger partial charge on any atom is 0.178 e. The zero-order valence-electron chi connectivity index (χ0n) is 12.9. The van der Waals surface area contributed by atoms with Crippen LogP contribution in [0.3, 0.4) is 0 Å². The topological polar surface area (TPSA) is 46.3 Å². The van der Waals surface area contributed by atoms with Gasteiger partial charge in [-0.25, -0.2) is 0 Å². The summed E-state index contributed by atoms with van der Waals surface area (Å²) in [5.41, 5.74) is 1.32. The van der Waals surface area contributed by atoms with Crippen LogP contribution in [0.4, 0.5) is 5.82 Å². The second-order valence-corrected chi connectivity index (χ2v) is 7.30. The number of hydrogen-bond acceptors (Lipinski definition) is 4. The summed E-state index contributed by atoms with van der Waals surface area (Å²) in [5.74, 6) is 2.69. The van der Waals surface area contributed by atoms with Crippen LogP contribution in [-0.4, -0.2) is 32.9 Å². The lowest BCUT2D eigenvalue weighted by Crippen LogP contribution is -2.26. The summed E-state index contributed by atoms with van der Waals surface area (Å²) in [4.78, 5) is 2.42. The van der Waals surface area contributed by atoms with Gasteiger partial charge in [-0.2, -0.15) is 4.52 Å². The molecule has 0 aromatic carbocycles. The molecule has 4 rings (SSSR count). The van der Waals surface area contributed by atoms with Crippen molar-refractivity contribution < 1.29 is 0 Å². The summed E-state index contributed by atoms with van der Waals surface area (Å²) in [6, 6.07) is 4.15. The summed E-state index contributed by atoms with van der Waals surface area (Å²) in [6.07, 6.45) is 6.22. The summed E-state index contributed by atoms with van der Waals surface area (Å²) in [6.45, 7) is 6.94. The van der Waals surface area contributed by atoms with Crippen LogP contribution in [0.1, 0.15) is 57.7 Å². The Labute approximate surface area is 125 Å². The highest BCUT2D eigenvalue weighted by atomic mass is 15.4. The van der Waals surface area contributed by atoms with Crippen LogP contribution in [0.5, 0.6) is 0 Å². The van der Waals surface area contributed by atoms with Crippen LogP contribution in [0, 0.1) is 5.41 Å². The Hall–Kier alpha value is -1.65. The summed E-state index contributed by atoms with van der Waals surface area (Å²) in [5, 5.41) is 13.4. The highest BCUT2D eigenvalue weighted by Gasteiger charge is 2.30. The number of hydrogen-bond donors (Lipinski definition) is 0. The normalized spacial score (nSPS) is 22.5. The van der Waals surface area contributed by atoms with Gasteiger partial charge in [0, 0.05) is 19.0 Å². The largest absolute Gasteiger partial charge is 0.355 e. The predicted molar refractivity (Wildman–Crippen MR) is 82.6 cm³/mol. The Balaban J connectivity index is 1.65. The van der Waals surface area contributed by atoms with Gasteiger partial charge in [-0.15, -0.1) is 15.3 Å². The van der Waals surface area contributed by atoms with Crippen LogP contribution in [0.2, 0.25) is 0 Å². The summed E-state index contributed by atoms with van der Waals surface area (Å²) in [7, 11) is 0. The molecule has 2 aromatic rings. The quantitative estimate of drug-likeness (QED) is 0.851. The van der Waals surface area contributed by atoms with Gasteiger partial charge < -0.3 is 4.90 Å².